The van der Waals surface area contributed by atoms with Crippen molar-refractivity contribution in [2.45, 2.75) is 83.6 Å². The molecule has 55 heavy (non-hydrogen) atoms. The predicted molar refractivity (Wildman–Crippen MR) is 204 cm³/mol. The molecule has 1 unspecified atom stereocenters. The number of nitrogens with two attached hydrogens (primary N) is 1. The van der Waals surface area contributed by atoms with E-state index in [0.717, 1.165) is 68.3 Å². The number of Topliss-reactive ketones (excluding diaryl/α,β-unsaturated/α-hetero) is 1. The molecule has 2 fully saturated rings. The highest BCUT2D eigenvalue weighted by atomic mass is 32.1. The Kier molecular flexibility index (Phi) is 10.2. The van der Waals surface area contributed by atoms with Gasteiger partial charge in [-0.25, -0.2) is 8.78 Å². The zero-order chi connectivity index (χ0) is 39.4. The lowest BCUT2D eigenvalue weighted by Crippen LogP contribution is -2.43. The number of hydrogen-bond donors (Lipinski definition) is 2. The molecule has 0 spiro atoms. The maximum atomic E-state index is 17.5. The first-order chi connectivity index (χ1) is 26.1. The van der Waals surface area contributed by atoms with E-state index in [2.05, 4.69) is 20.2 Å². The number of allylic oxidation sites excluding steroid dienone is 1. The summed E-state index contributed by atoms with van der Waals surface area (Å²) in [5.41, 5.74) is 3.03. The number of ether oxygens (including phenoxy) is 1. The second kappa shape index (κ2) is 14.6. The van der Waals surface area contributed by atoms with Gasteiger partial charge in [-0.2, -0.15) is 28.4 Å². The summed E-state index contributed by atoms with van der Waals surface area (Å²) in [7, 11) is 0. The average molecular weight is 781 g/mol. The summed E-state index contributed by atoms with van der Waals surface area (Å²) in [4.78, 5) is 29.8. The van der Waals surface area contributed by atoms with Crippen LogP contribution >= 0.6 is 11.3 Å². The summed E-state index contributed by atoms with van der Waals surface area (Å²) in [6, 6.07) is 4.11. The summed E-state index contributed by atoms with van der Waals surface area (Å²) in [6.07, 6.45) is 0.542. The number of nitriles is 1. The molecule has 0 radical (unpaired) electrons. The molecule has 4 aromatic rings. The monoisotopic (exact) mass is 780 g/mol. The second-order valence-electron chi connectivity index (χ2n) is 14.9. The molecule has 290 valence electrons. The number of fused-ring (bicyclic) bond motifs is 3. The van der Waals surface area contributed by atoms with Gasteiger partial charge in [0.2, 0.25) is 0 Å². The van der Waals surface area contributed by atoms with E-state index in [9.17, 15) is 10.1 Å². The van der Waals surface area contributed by atoms with Gasteiger partial charge in [0.15, 0.2) is 11.6 Å². The molecule has 2 aromatic carbocycles. The van der Waals surface area contributed by atoms with Gasteiger partial charge >= 0.3 is 12.2 Å². The predicted octanol–water partition coefficient (Wildman–Crippen LogP) is 7.98. The van der Waals surface area contributed by atoms with Crippen molar-refractivity contribution in [2.75, 3.05) is 43.0 Å². The lowest BCUT2D eigenvalue weighted by atomic mass is 9.92. The minimum absolute atomic E-state index is 0.00617. The van der Waals surface area contributed by atoms with E-state index in [1.165, 1.54) is 13.0 Å². The third-order valence-corrected chi connectivity index (χ3v) is 11.9. The molecule has 10 nitrogen and oxygen atoms in total. The van der Waals surface area contributed by atoms with Crippen LogP contribution in [0.2, 0.25) is 0 Å². The first-order valence-electron chi connectivity index (χ1n) is 18.3. The Morgan fingerprint density at radius 3 is 2.60 bits per heavy atom. The van der Waals surface area contributed by atoms with Gasteiger partial charge in [0.25, 0.3) is 0 Å². The molecule has 3 aliphatic heterocycles. The fourth-order valence-corrected chi connectivity index (χ4v) is 9.29. The van der Waals surface area contributed by atoms with E-state index in [1.54, 1.807) is 18.7 Å². The quantitative estimate of drug-likeness (QED) is 0.128. The Labute approximate surface area is 318 Å². The first kappa shape index (κ1) is 38.4. The van der Waals surface area contributed by atoms with Crippen LogP contribution in [0.4, 0.5) is 32.8 Å². The molecule has 2 saturated heterocycles. The Morgan fingerprint density at radius 1 is 1.22 bits per heavy atom. The van der Waals surface area contributed by atoms with Crippen LogP contribution in [-0.4, -0.2) is 76.8 Å². The van der Waals surface area contributed by atoms with E-state index in [1.807, 2.05) is 13.0 Å². The molecular formula is C39H41F5N8O2S. The maximum absolute atomic E-state index is 17.5. The van der Waals surface area contributed by atoms with Crippen molar-refractivity contribution in [3.05, 3.63) is 52.7 Å². The number of anilines is 2. The third-order valence-electron chi connectivity index (χ3n) is 10.8. The Balaban J connectivity index is 1.48. The number of halogens is 5. The number of thiophene rings is 1. The maximum Gasteiger partial charge on any atom is 0.417 e. The smallest absolute Gasteiger partial charge is 0.417 e. The highest BCUT2D eigenvalue weighted by Crippen LogP contribution is 2.49. The third kappa shape index (κ3) is 7.08. The molecule has 1 atom stereocenters. The van der Waals surface area contributed by atoms with E-state index in [4.69, 9.17) is 15.5 Å². The van der Waals surface area contributed by atoms with Crippen molar-refractivity contribution in [3.8, 4) is 23.2 Å². The van der Waals surface area contributed by atoms with Gasteiger partial charge in [0, 0.05) is 41.9 Å². The van der Waals surface area contributed by atoms with Gasteiger partial charge in [-0.3, -0.25) is 14.7 Å². The Hall–Kier alpha value is -4.88. The topological polar surface area (TPSA) is 133 Å². The van der Waals surface area contributed by atoms with Crippen LogP contribution in [0.15, 0.2) is 35.0 Å². The molecule has 0 saturated carbocycles. The number of aromatic nitrogens is 2. The van der Waals surface area contributed by atoms with Crippen LogP contribution in [0.5, 0.6) is 6.01 Å². The van der Waals surface area contributed by atoms with Crippen molar-refractivity contribution in [2.24, 2.45) is 10.7 Å². The number of carbonyl (C=O) groups is 1. The lowest BCUT2D eigenvalue weighted by molar-refractivity contribution is -0.137. The Bertz CT molecular complexity index is 2290. The van der Waals surface area contributed by atoms with Crippen LogP contribution in [0.1, 0.15) is 70.9 Å². The summed E-state index contributed by atoms with van der Waals surface area (Å²) in [5.74, 6) is -2.47. The van der Waals surface area contributed by atoms with E-state index in [-0.39, 0.29) is 85.7 Å². The van der Waals surface area contributed by atoms with Crippen molar-refractivity contribution in [3.63, 3.8) is 0 Å². The van der Waals surface area contributed by atoms with Gasteiger partial charge in [0.05, 0.1) is 39.3 Å². The zero-order valence-electron chi connectivity index (χ0n) is 30.9. The molecule has 3 aliphatic rings. The van der Waals surface area contributed by atoms with E-state index < -0.39 is 34.5 Å². The SMILES string of the molecule is CC(=O)/C(N)=C/C1=NCCC(C)N(c2nc(OCC34CCCN3CCC4)nc3c(F)c(-c4ccc(F)c5sc(NC(C)C)c(C#N)c45)c(C(F)(F)F)cc23)C1. The molecule has 2 aromatic heterocycles. The summed E-state index contributed by atoms with van der Waals surface area (Å²) >= 11 is 0.878. The number of ketones is 1. The molecular weight excluding hydrogens is 740 g/mol. The number of rotatable bonds is 9. The highest BCUT2D eigenvalue weighted by Gasteiger charge is 2.45. The number of carbonyl (C=O) groups excluding carboxylic acids is 1. The van der Waals surface area contributed by atoms with Crippen LogP contribution in [0.25, 0.3) is 32.1 Å². The summed E-state index contributed by atoms with van der Waals surface area (Å²) < 4.78 is 84.9. The number of aliphatic imine (C=N–C) groups is 1. The summed E-state index contributed by atoms with van der Waals surface area (Å²) in [6.45, 7) is 9.14. The minimum atomic E-state index is -5.11. The zero-order valence-corrected chi connectivity index (χ0v) is 31.7. The van der Waals surface area contributed by atoms with Crippen LogP contribution in [0.3, 0.4) is 0 Å². The van der Waals surface area contributed by atoms with Gasteiger partial charge in [0.1, 0.15) is 34.8 Å². The molecule has 5 heterocycles. The van der Waals surface area contributed by atoms with Crippen LogP contribution in [-0.2, 0) is 11.0 Å². The van der Waals surface area contributed by atoms with Crippen LogP contribution in [0, 0.1) is 23.0 Å². The standard InChI is InChI=1S/C39H41F5N8O2S/c1-20(2)48-36-26(17-45)30-24(7-8-28(40)34(30)55-36)31-27(39(42,43)44)16-25-33(32(31)41)49-37(54-19-38-10-5-13-51(38)14-6-11-38)50-35(25)52-18-23(15-29(46)22(4)53)47-12-9-21(52)3/h7-8,15-16,20-21,48H,5-6,9-14,18-19,46H2,1-4H3/b29-15-. The van der Waals surface area contributed by atoms with Gasteiger partial charge in [-0.1, -0.05) is 6.07 Å². The fraction of sp³-hybridized carbons (Fsp3) is 0.462. The number of nitrogens with one attached hydrogen (secondary N) is 1. The normalized spacial score (nSPS) is 19.1. The van der Waals surface area contributed by atoms with Crippen molar-refractivity contribution in [1.29, 1.82) is 5.26 Å². The molecule has 0 bridgehead atoms. The number of alkyl halides is 3. The average Bonchev–Trinajstić information content (AvgIpc) is 3.78. The van der Waals surface area contributed by atoms with Gasteiger partial charge in [-0.05, 0) is 89.7 Å². The number of benzene rings is 2. The summed E-state index contributed by atoms with van der Waals surface area (Å²) in [5, 5.41) is 13.2. The van der Waals surface area contributed by atoms with Crippen molar-refractivity contribution < 1.29 is 31.5 Å². The molecule has 16 heteroatoms. The van der Waals surface area contributed by atoms with Crippen molar-refractivity contribution >= 4 is 54.6 Å². The van der Waals surface area contributed by atoms with E-state index in [0.29, 0.717) is 18.7 Å². The number of nitrogens with zero attached hydrogens (tertiary/aromatic N) is 6. The highest BCUT2D eigenvalue weighted by molar-refractivity contribution is 7.23. The molecule has 7 rings (SSSR count). The second-order valence-corrected chi connectivity index (χ2v) is 15.9. The van der Waals surface area contributed by atoms with Crippen molar-refractivity contribution in [1.82, 2.24) is 14.9 Å². The fourth-order valence-electron chi connectivity index (χ4n) is 8.06. The van der Waals surface area contributed by atoms with E-state index >= 15 is 22.0 Å². The Morgan fingerprint density at radius 2 is 1.95 bits per heavy atom. The molecule has 0 aliphatic carbocycles. The lowest BCUT2D eigenvalue weighted by Gasteiger charge is -2.32. The first-order valence-corrected chi connectivity index (χ1v) is 19.1. The number of hydrogen-bond acceptors (Lipinski definition) is 11. The molecule has 3 N–H and O–H groups in total. The largest absolute Gasteiger partial charge is 0.461 e. The van der Waals surface area contributed by atoms with Gasteiger partial charge < -0.3 is 20.7 Å². The molecule has 0 amide bonds. The van der Waals surface area contributed by atoms with Gasteiger partial charge in [-0.15, -0.1) is 11.3 Å². The van der Waals surface area contributed by atoms with Crippen LogP contribution < -0.4 is 20.7 Å². The minimum Gasteiger partial charge on any atom is -0.461 e.